The molecule has 6 amide bonds. The van der Waals surface area contributed by atoms with Gasteiger partial charge in [0.25, 0.3) is 0 Å². The number of unbranched alkanes of at least 4 members (excludes halogenated alkanes) is 6. The van der Waals surface area contributed by atoms with Gasteiger partial charge in [-0.2, -0.15) is 0 Å². The number of amides is 6. The first-order chi connectivity index (χ1) is 21.3. The zero-order chi connectivity index (χ0) is 34.0. The van der Waals surface area contributed by atoms with Crippen molar-refractivity contribution in [3.63, 3.8) is 0 Å². The fourth-order valence-electron chi connectivity index (χ4n) is 3.87. The van der Waals surface area contributed by atoms with Crippen LogP contribution < -0.4 is 16.0 Å². The first-order valence-electron chi connectivity index (χ1n) is 15.8. The maximum atomic E-state index is 12.0. The Balaban J connectivity index is 3.77. The Labute approximate surface area is 265 Å². The Morgan fingerprint density at radius 1 is 0.556 bits per heavy atom. The third-order valence-corrected chi connectivity index (χ3v) is 6.47. The molecular weight excluding hydrogens is 592 g/mol. The summed E-state index contributed by atoms with van der Waals surface area (Å²) in [6, 6.07) is 0. The molecule has 0 heterocycles. The largest absolute Gasteiger partial charge is 0.447 e. The third-order valence-electron chi connectivity index (χ3n) is 6.47. The second kappa shape index (κ2) is 25.8. The number of hydrogen-bond donors (Lipinski definition) is 6. The number of rotatable bonds is 25. The average molecular weight is 647 g/mol. The molecule has 0 aliphatic heterocycles. The van der Waals surface area contributed by atoms with Gasteiger partial charge in [-0.15, -0.1) is 0 Å². The van der Waals surface area contributed by atoms with E-state index in [0.717, 1.165) is 0 Å². The molecule has 0 unspecified atom stereocenters. The van der Waals surface area contributed by atoms with E-state index in [1.165, 1.54) is 6.92 Å². The van der Waals surface area contributed by atoms with Gasteiger partial charge in [0.15, 0.2) is 0 Å². The van der Waals surface area contributed by atoms with Crippen molar-refractivity contribution < 1.29 is 49.1 Å². The molecule has 0 aromatic carbocycles. The monoisotopic (exact) mass is 646 g/mol. The van der Waals surface area contributed by atoms with E-state index in [-0.39, 0.29) is 63.2 Å². The maximum absolute atomic E-state index is 12.0. The topological polar surface area (TPSA) is 218 Å². The highest BCUT2D eigenvalue weighted by atomic mass is 16.6. The summed E-state index contributed by atoms with van der Waals surface area (Å²) in [5.74, 6) is -2.16. The van der Waals surface area contributed by atoms with E-state index in [0.29, 0.717) is 92.6 Å². The van der Waals surface area contributed by atoms with Gasteiger partial charge in [-0.25, -0.2) is 20.0 Å². The van der Waals surface area contributed by atoms with Crippen molar-refractivity contribution in [3.8, 4) is 0 Å². The van der Waals surface area contributed by atoms with Crippen LogP contribution in [0.25, 0.3) is 0 Å². The van der Waals surface area contributed by atoms with E-state index in [1.54, 1.807) is 13.8 Å². The number of carbonyl (C=O) groups is 6. The highest BCUT2D eigenvalue weighted by Gasteiger charge is 2.14. The van der Waals surface area contributed by atoms with Crippen LogP contribution >= 0.6 is 0 Å². The molecule has 0 aromatic rings. The molecule has 0 rings (SSSR count). The van der Waals surface area contributed by atoms with E-state index in [2.05, 4.69) is 16.0 Å². The molecule has 0 saturated carbocycles. The summed E-state index contributed by atoms with van der Waals surface area (Å²) in [4.78, 5) is 70.2. The predicted molar refractivity (Wildman–Crippen MR) is 162 cm³/mol. The third kappa shape index (κ3) is 24.5. The van der Waals surface area contributed by atoms with Gasteiger partial charge >= 0.3 is 6.09 Å². The second-order valence-corrected chi connectivity index (χ2v) is 10.9. The van der Waals surface area contributed by atoms with E-state index in [4.69, 9.17) is 4.74 Å². The van der Waals surface area contributed by atoms with Crippen molar-refractivity contribution in [2.45, 2.75) is 110 Å². The van der Waals surface area contributed by atoms with Crippen molar-refractivity contribution in [1.82, 2.24) is 31.1 Å². The lowest BCUT2D eigenvalue weighted by Crippen LogP contribution is -2.31. The highest BCUT2D eigenvalue weighted by Crippen LogP contribution is 2.03. The molecule has 6 N–H and O–H groups in total. The Kier molecular flexibility index (Phi) is 23.8. The SMILES string of the molecule is CC(=O)N(O)CCCCCNC(=O)CCC(=O)N(O)CCCCCNC(=O)CCC(=O)N(O)CCCCCNC(=O)OC(C)C. The molecule has 16 nitrogen and oxygen atoms in total. The molecule has 0 aliphatic carbocycles. The van der Waals surface area contributed by atoms with Crippen molar-refractivity contribution >= 4 is 35.6 Å². The molecule has 16 heteroatoms. The first kappa shape index (κ1) is 41.5. The normalized spacial score (nSPS) is 10.6. The highest BCUT2D eigenvalue weighted by molar-refractivity contribution is 5.83. The minimum absolute atomic E-state index is 0.0526. The Bertz CT molecular complexity index is 905. The fourth-order valence-corrected chi connectivity index (χ4v) is 3.87. The minimum atomic E-state index is -0.561. The molecule has 0 atom stereocenters. The number of hydroxylamine groups is 6. The number of ether oxygens (including phenoxy) is 1. The van der Waals surface area contributed by atoms with Crippen LogP contribution in [0, 0.1) is 0 Å². The summed E-state index contributed by atoms with van der Waals surface area (Å²) >= 11 is 0. The summed E-state index contributed by atoms with van der Waals surface area (Å²) in [6.07, 6.45) is 4.55. The van der Waals surface area contributed by atoms with Crippen molar-refractivity contribution in [2.24, 2.45) is 0 Å². The zero-order valence-electron chi connectivity index (χ0n) is 27.1. The lowest BCUT2D eigenvalue weighted by Gasteiger charge is -2.15. The number of nitrogens with zero attached hydrogens (tertiary/aromatic N) is 3. The summed E-state index contributed by atoms with van der Waals surface area (Å²) in [7, 11) is 0. The van der Waals surface area contributed by atoms with Gasteiger partial charge in [-0.05, 0) is 71.6 Å². The van der Waals surface area contributed by atoms with Gasteiger partial charge in [0.1, 0.15) is 0 Å². The summed E-state index contributed by atoms with van der Waals surface area (Å²) in [5, 5.41) is 38.9. The number of hydrogen-bond acceptors (Lipinski definition) is 10. The smallest absolute Gasteiger partial charge is 0.407 e. The maximum Gasteiger partial charge on any atom is 0.407 e. The molecule has 0 aromatic heterocycles. The summed E-state index contributed by atoms with van der Waals surface area (Å²) in [5.41, 5.74) is 0. The van der Waals surface area contributed by atoms with Crippen LogP contribution in [0.4, 0.5) is 4.79 Å². The van der Waals surface area contributed by atoms with Crippen LogP contribution in [0.5, 0.6) is 0 Å². The van der Waals surface area contributed by atoms with E-state index in [1.807, 2.05) is 0 Å². The summed E-state index contributed by atoms with van der Waals surface area (Å²) < 4.78 is 4.95. The van der Waals surface area contributed by atoms with Crippen molar-refractivity contribution in [3.05, 3.63) is 0 Å². The Morgan fingerprint density at radius 3 is 1.31 bits per heavy atom. The van der Waals surface area contributed by atoms with Gasteiger partial charge in [0.05, 0.1) is 6.10 Å². The van der Waals surface area contributed by atoms with Crippen LogP contribution in [0.3, 0.4) is 0 Å². The van der Waals surface area contributed by atoms with Crippen LogP contribution in [0.1, 0.15) is 104 Å². The minimum Gasteiger partial charge on any atom is -0.447 e. The van der Waals surface area contributed by atoms with Gasteiger partial charge in [0, 0.05) is 71.9 Å². The molecule has 260 valence electrons. The molecule has 0 radical (unpaired) electrons. The molecular formula is C29H54N6O10. The molecule has 0 fully saturated rings. The zero-order valence-corrected chi connectivity index (χ0v) is 27.1. The number of nitrogens with one attached hydrogen (secondary N) is 3. The predicted octanol–water partition coefficient (Wildman–Crippen LogP) is 2.10. The standard InChI is InChI=1S/C29H54N6O10/c1-23(2)45-29(41)32-19-9-6-12-22-35(44)28(40)16-14-26(38)31-18-8-5-11-21-34(43)27(39)15-13-25(37)30-17-7-4-10-20-33(42)24(3)36/h23,42-44H,4-22H2,1-3H3,(H,30,37)(H,31,38)(H,32,41). The number of carbonyl (C=O) groups excluding carboxylic acids is 6. The van der Waals surface area contributed by atoms with Crippen LogP contribution in [-0.4, -0.2) is 112 Å². The Hall–Kier alpha value is -3.50. The van der Waals surface area contributed by atoms with Gasteiger partial charge < -0.3 is 20.7 Å². The van der Waals surface area contributed by atoms with Crippen molar-refractivity contribution in [1.29, 1.82) is 0 Å². The van der Waals surface area contributed by atoms with Crippen LogP contribution in [0.2, 0.25) is 0 Å². The van der Waals surface area contributed by atoms with Gasteiger partial charge in [0.2, 0.25) is 29.5 Å². The van der Waals surface area contributed by atoms with E-state index >= 15 is 0 Å². The fraction of sp³-hybridized carbons (Fsp3) is 0.793. The molecule has 0 spiro atoms. The van der Waals surface area contributed by atoms with Crippen LogP contribution in [0.15, 0.2) is 0 Å². The van der Waals surface area contributed by atoms with Crippen molar-refractivity contribution in [2.75, 3.05) is 39.3 Å². The Morgan fingerprint density at radius 2 is 0.933 bits per heavy atom. The van der Waals surface area contributed by atoms with E-state index in [9.17, 15) is 44.4 Å². The number of alkyl carbamates (subject to hydrolysis) is 1. The quantitative estimate of drug-likeness (QED) is 0.0482. The molecule has 0 bridgehead atoms. The lowest BCUT2D eigenvalue weighted by atomic mass is 10.2. The van der Waals surface area contributed by atoms with E-state index < -0.39 is 23.8 Å². The summed E-state index contributed by atoms with van der Waals surface area (Å²) in [6.45, 7) is 6.44. The molecule has 0 aliphatic rings. The average Bonchev–Trinajstić information content (AvgIpc) is 2.98. The van der Waals surface area contributed by atoms with Gasteiger partial charge in [-0.3, -0.25) is 39.6 Å². The van der Waals surface area contributed by atoms with Crippen LogP contribution in [-0.2, 0) is 28.7 Å². The lowest BCUT2D eigenvalue weighted by molar-refractivity contribution is -0.166. The molecule has 0 saturated heterocycles. The molecule has 45 heavy (non-hydrogen) atoms. The first-order valence-corrected chi connectivity index (χ1v) is 15.8. The second-order valence-electron chi connectivity index (χ2n) is 10.9. The van der Waals surface area contributed by atoms with Gasteiger partial charge in [-0.1, -0.05) is 0 Å².